The van der Waals surface area contributed by atoms with Crippen molar-refractivity contribution in [1.29, 1.82) is 0 Å². The summed E-state index contributed by atoms with van der Waals surface area (Å²) < 4.78 is 5.34. The molecule has 0 saturated carbocycles. The van der Waals surface area contributed by atoms with E-state index < -0.39 is 6.17 Å². The van der Waals surface area contributed by atoms with Gasteiger partial charge in [-0.25, -0.2) is 5.01 Å². The topological polar surface area (TPSA) is 90.0 Å². The number of methoxy groups -OCH3 is 1. The van der Waals surface area contributed by atoms with E-state index in [-0.39, 0.29) is 11.7 Å². The zero-order valence-electron chi connectivity index (χ0n) is 21.1. The molecule has 0 aliphatic carbocycles. The minimum atomic E-state index is -0.427. The molecule has 2 heterocycles. The number of para-hydroxylation sites is 1. The highest BCUT2D eigenvalue weighted by Gasteiger charge is 2.40. The van der Waals surface area contributed by atoms with Gasteiger partial charge in [0, 0.05) is 47.4 Å². The molecule has 1 aliphatic heterocycles. The fraction of sp³-hybridized carbons (Fsp3) is 0.207. The molecule has 0 spiro atoms. The molecule has 8 heteroatoms. The van der Waals surface area contributed by atoms with Crippen molar-refractivity contribution in [3.05, 3.63) is 84.6 Å². The molecule has 0 unspecified atom stereocenters. The Morgan fingerprint density at radius 3 is 2.38 bits per heavy atom. The van der Waals surface area contributed by atoms with E-state index in [0.29, 0.717) is 17.9 Å². The highest BCUT2D eigenvalue weighted by atomic mass is 16.5. The van der Waals surface area contributed by atoms with Crippen LogP contribution in [0.2, 0.25) is 0 Å². The maximum atomic E-state index is 12.9. The van der Waals surface area contributed by atoms with Crippen LogP contribution in [0.1, 0.15) is 38.4 Å². The van der Waals surface area contributed by atoms with Gasteiger partial charge in [-0.3, -0.25) is 14.5 Å². The number of H-pyrrole nitrogens is 1. The Labute approximate surface area is 215 Å². The van der Waals surface area contributed by atoms with Gasteiger partial charge < -0.3 is 15.0 Å². The second-order valence-corrected chi connectivity index (χ2v) is 8.90. The average Bonchev–Trinajstić information content (AvgIpc) is 3.51. The van der Waals surface area contributed by atoms with Crippen LogP contribution in [0.4, 0.5) is 17.1 Å². The molecule has 1 atom stereocenters. The van der Waals surface area contributed by atoms with Crippen LogP contribution in [0.25, 0.3) is 10.9 Å². The van der Waals surface area contributed by atoms with E-state index in [1.165, 1.54) is 6.92 Å². The van der Waals surface area contributed by atoms with Crippen molar-refractivity contribution < 1.29 is 14.3 Å². The van der Waals surface area contributed by atoms with Crippen molar-refractivity contribution in [2.45, 2.75) is 32.9 Å². The van der Waals surface area contributed by atoms with Crippen LogP contribution in [0.3, 0.4) is 0 Å². The summed E-state index contributed by atoms with van der Waals surface area (Å²) in [5.41, 5.74) is 4.29. The molecule has 8 nitrogen and oxygen atoms in total. The Morgan fingerprint density at radius 2 is 1.70 bits per heavy atom. The molecule has 3 aromatic carbocycles. The lowest BCUT2D eigenvalue weighted by Gasteiger charge is -2.31. The van der Waals surface area contributed by atoms with Crippen LogP contribution in [-0.4, -0.2) is 29.6 Å². The van der Waals surface area contributed by atoms with Gasteiger partial charge in [-0.15, -0.1) is 5.10 Å². The first-order valence-corrected chi connectivity index (χ1v) is 12.3. The Hall–Kier alpha value is -4.59. The summed E-state index contributed by atoms with van der Waals surface area (Å²) in [4.78, 5) is 30.3. The van der Waals surface area contributed by atoms with E-state index in [0.717, 1.165) is 40.0 Å². The van der Waals surface area contributed by atoms with Crippen molar-refractivity contribution >= 4 is 45.5 Å². The van der Waals surface area contributed by atoms with Crippen LogP contribution in [0.15, 0.2) is 84.1 Å². The molecule has 0 bridgehead atoms. The molecule has 0 radical (unpaired) electrons. The normalized spacial score (nSPS) is 15.1. The number of carbonyl (C=O) groups is 2. The summed E-state index contributed by atoms with van der Waals surface area (Å²) >= 11 is 0. The monoisotopic (exact) mass is 495 g/mol. The molecule has 0 saturated heterocycles. The Balaban J connectivity index is 1.61. The van der Waals surface area contributed by atoms with Crippen LogP contribution in [0.5, 0.6) is 5.75 Å². The Kier molecular flexibility index (Phi) is 6.64. The van der Waals surface area contributed by atoms with Crippen molar-refractivity contribution in [3.8, 4) is 5.75 Å². The van der Waals surface area contributed by atoms with E-state index >= 15 is 0 Å². The first-order valence-electron chi connectivity index (χ1n) is 12.3. The van der Waals surface area contributed by atoms with E-state index in [1.807, 2.05) is 89.8 Å². The van der Waals surface area contributed by atoms with Gasteiger partial charge in [-0.1, -0.05) is 25.1 Å². The first-order chi connectivity index (χ1) is 18.0. The standard InChI is InChI=1S/C29H29N5O3/c1-4-7-27(36)31-20-10-12-21(13-11-20)33-28(19(2)35)32-34(22-14-16-23(37-3)17-15-22)29(33)25-18-30-26-9-6-5-8-24(25)26/h5-6,8-18,29-30H,4,7H2,1-3H3,(H,31,36)/t29-/m0/s1. The van der Waals surface area contributed by atoms with Gasteiger partial charge in [-0.2, -0.15) is 0 Å². The summed E-state index contributed by atoms with van der Waals surface area (Å²) in [6.45, 7) is 3.49. The summed E-state index contributed by atoms with van der Waals surface area (Å²) in [5.74, 6) is 0.889. The SMILES string of the molecule is CCCC(=O)Nc1ccc(N2C(C(C)=O)=NN(c3ccc(OC)cc3)[C@H]2c2c[nH]c3ccccc23)cc1. The molecule has 1 aliphatic rings. The zero-order chi connectivity index (χ0) is 25.9. The maximum Gasteiger partial charge on any atom is 0.224 e. The van der Waals surface area contributed by atoms with Gasteiger partial charge in [0.15, 0.2) is 17.8 Å². The number of rotatable bonds is 8. The molecule has 5 rings (SSSR count). The molecule has 2 N–H and O–H groups in total. The van der Waals surface area contributed by atoms with Crippen molar-refractivity contribution in [1.82, 2.24) is 4.98 Å². The molecule has 4 aromatic rings. The molecular formula is C29H29N5O3. The zero-order valence-corrected chi connectivity index (χ0v) is 21.1. The number of Topliss-reactive ketones (excluding diaryl/α,β-unsaturated/α-hetero) is 1. The lowest BCUT2D eigenvalue weighted by molar-refractivity contribution is -0.116. The number of aromatic nitrogens is 1. The second kappa shape index (κ2) is 10.2. The summed E-state index contributed by atoms with van der Waals surface area (Å²) in [5, 5.41) is 10.6. The van der Waals surface area contributed by atoms with E-state index in [1.54, 1.807) is 7.11 Å². The second-order valence-electron chi connectivity index (χ2n) is 8.90. The highest BCUT2D eigenvalue weighted by molar-refractivity contribution is 6.44. The van der Waals surface area contributed by atoms with Gasteiger partial charge in [0.2, 0.25) is 5.91 Å². The largest absolute Gasteiger partial charge is 0.497 e. The van der Waals surface area contributed by atoms with Crippen LogP contribution in [-0.2, 0) is 9.59 Å². The molecule has 1 amide bonds. The number of hydrogen-bond donors (Lipinski definition) is 2. The van der Waals surface area contributed by atoms with Gasteiger partial charge in [-0.05, 0) is 61.0 Å². The summed E-state index contributed by atoms with van der Waals surface area (Å²) in [6, 6.07) is 23.2. The van der Waals surface area contributed by atoms with E-state index in [4.69, 9.17) is 9.84 Å². The number of nitrogens with one attached hydrogen (secondary N) is 2. The summed E-state index contributed by atoms with van der Waals surface area (Å²) in [7, 11) is 1.63. The molecular weight excluding hydrogens is 466 g/mol. The van der Waals surface area contributed by atoms with Gasteiger partial charge in [0.05, 0.1) is 12.8 Å². The van der Waals surface area contributed by atoms with Crippen molar-refractivity contribution in [2.24, 2.45) is 5.10 Å². The Bertz CT molecular complexity index is 1460. The fourth-order valence-corrected chi connectivity index (χ4v) is 4.60. The Morgan fingerprint density at radius 1 is 1.00 bits per heavy atom. The third-order valence-corrected chi connectivity index (χ3v) is 6.36. The van der Waals surface area contributed by atoms with Gasteiger partial charge >= 0.3 is 0 Å². The number of carbonyl (C=O) groups excluding carboxylic acids is 2. The van der Waals surface area contributed by atoms with Crippen LogP contribution >= 0.6 is 0 Å². The number of nitrogens with zero attached hydrogens (tertiary/aromatic N) is 3. The molecule has 188 valence electrons. The highest BCUT2D eigenvalue weighted by Crippen LogP contribution is 2.42. The number of hydrazone groups is 1. The quantitative estimate of drug-likeness (QED) is 0.320. The van der Waals surface area contributed by atoms with Crippen LogP contribution in [0, 0.1) is 0 Å². The molecule has 37 heavy (non-hydrogen) atoms. The van der Waals surface area contributed by atoms with Gasteiger partial charge in [0.1, 0.15) is 5.75 Å². The minimum Gasteiger partial charge on any atom is -0.497 e. The number of ketones is 1. The molecule has 1 aromatic heterocycles. The van der Waals surface area contributed by atoms with E-state index in [2.05, 4.69) is 16.4 Å². The predicted molar refractivity (Wildman–Crippen MR) is 147 cm³/mol. The van der Waals surface area contributed by atoms with Gasteiger partial charge in [0.25, 0.3) is 0 Å². The number of fused-ring (bicyclic) bond motifs is 1. The number of aromatic amines is 1. The summed E-state index contributed by atoms with van der Waals surface area (Å²) in [6.07, 6.45) is 2.79. The number of hydrogen-bond acceptors (Lipinski definition) is 6. The maximum absolute atomic E-state index is 12.9. The fourth-order valence-electron chi connectivity index (χ4n) is 4.60. The average molecular weight is 496 g/mol. The van der Waals surface area contributed by atoms with Crippen LogP contribution < -0.4 is 20.0 Å². The number of ether oxygens (including phenoxy) is 1. The predicted octanol–water partition coefficient (Wildman–Crippen LogP) is 5.84. The minimum absolute atomic E-state index is 0.0234. The van der Waals surface area contributed by atoms with Crippen molar-refractivity contribution in [2.75, 3.05) is 22.3 Å². The van der Waals surface area contributed by atoms with Crippen molar-refractivity contribution in [3.63, 3.8) is 0 Å². The lowest BCUT2D eigenvalue weighted by atomic mass is 10.1. The molecule has 0 fully saturated rings. The van der Waals surface area contributed by atoms with E-state index in [9.17, 15) is 9.59 Å². The smallest absolute Gasteiger partial charge is 0.224 e. The number of anilines is 3. The lowest BCUT2D eigenvalue weighted by Crippen LogP contribution is -2.37. The third-order valence-electron chi connectivity index (χ3n) is 6.36. The number of amides is 1. The number of benzene rings is 3. The first kappa shape index (κ1) is 24.1. The third kappa shape index (κ3) is 4.65. The number of amidine groups is 1.